The molecule has 0 bridgehead atoms. The summed E-state index contributed by atoms with van der Waals surface area (Å²) in [6, 6.07) is 22.2. The van der Waals surface area contributed by atoms with Gasteiger partial charge in [0.2, 0.25) is 0 Å². The second-order valence-corrected chi connectivity index (χ2v) is 11.1. The molecule has 9 heteroatoms. The van der Waals surface area contributed by atoms with E-state index >= 15 is 0 Å². The average molecular weight is 590 g/mol. The van der Waals surface area contributed by atoms with Gasteiger partial charge in [-0.1, -0.05) is 18.2 Å². The fourth-order valence-electron chi connectivity index (χ4n) is 6.29. The van der Waals surface area contributed by atoms with E-state index < -0.39 is 5.97 Å². The number of aromatic carboxylic acids is 1. The topological polar surface area (TPSA) is 107 Å². The summed E-state index contributed by atoms with van der Waals surface area (Å²) in [7, 11) is 0. The van der Waals surface area contributed by atoms with E-state index in [4.69, 9.17) is 19.9 Å². The summed E-state index contributed by atoms with van der Waals surface area (Å²) in [6.45, 7) is 4.16. The van der Waals surface area contributed by atoms with Crippen molar-refractivity contribution in [2.75, 3.05) is 0 Å². The standard InChI is InChI=1S/C34H26N6O2.K/c1-18-6-7-19(2)40(18)28-5-3-4-25(35-28)26-14-12-20-8-10-22-16-24-17-23-11-9-21-13-15-27(34(41)42)37-30(21)32(23)39-33(24)38-31(22)29(20)36-26;/h3-7,12-17H,8-11H2,1-2H3,(H,41,42);. The van der Waals surface area contributed by atoms with Gasteiger partial charge >= 0.3 is 5.97 Å². The Morgan fingerprint density at radius 1 is 0.651 bits per heavy atom. The van der Waals surface area contributed by atoms with Crippen molar-refractivity contribution >= 4 is 68.4 Å². The third-order valence-corrected chi connectivity index (χ3v) is 8.41. The summed E-state index contributed by atoms with van der Waals surface area (Å²) in [5.41, 5.74) is 11.9. The Balaban J connectivity index is 0.00000300. The van der Waals surface area contributed by atoms with Crippen molar-refractivity contribution in [3.05, 3.63) is 106 Å². The molecule has 0 atom stereocenters. The van der Waals surface area contributed by atoms with Gasteiger partial charge in [-0.2, -0.15) is 0 Å². The number of nitrogens with zero attached hydrogens (tertiary/aromatic N) is 6. The SMILES string of the molecule is Cc1ccc(C)n1-c1cccc(-c2ccc3c(n2)-c2nc4nc5c(cc4cc2CC3)CCc2ccc(C(=O)O)nc2-5)n1.[K]. The van der Waals surface area contributed by atoms with Gasteiger partial charge in [-0.15, -0.1) is 0 Å². The summed E-state index contributed by atoms with van der Waals surface area (Å²) in [5, 5.41) is 10.5. The molecule has 6 heterocycles. The maximum atomic E-state index is 11.6. The Hall–Kier alpha value is -3.60. The van der Waals surface area contributed by atoms with Gasteiger partial charge in [-0.25, -0.2) is 29.7 Å². The monoisotopic (exact) mass is 589 g/mol. The summed E-state index contributed by atoms with van der Waals surface area (Å²) in [6.07, 6.45) is 3.42. The van der Waals surface area contributed by atoms with Crippen molar-refractivity contribution < 1.29 is 9.90 Å². The van der Waals surface area contributed by atoms with E-state index in [0.717, 1.165) is 93.3 Å². The molecule has 0 spiro atoms. The van der Waals surface area contributed by atoms with Crippen molar-refractivity contribution in [3.63, 3.8) is 0 Å². The van der Waals surface area contributed by atoms with Gasteiger partial charge < -0.3 is 9.67 Å². The number of pyridine rings is 5. The fourth-order valence-corrected chi connectivity index (χ4v) is 6.29. The fraction of sp³-hybridized carbons (Fsp3) is 0.176. The quantitative estimate of drug-likeness (QED) is 0.263. The largest absolute Gasteiger partial charge is 0.477 e. The second-order valence-electron chi connectivity index (χ2n) is 11.1. The van der Waals surface area contributed by atoms with Crippen LogP contribution in [0.25, 0.3) is 51.0 Å². The van der Waals surface area contributed by atoms with Crippen molar-refractivity contribution in [3.8, 4) is 40.0 Å². The number of hydrogen-bond acceptors (Lipinski definition) is 6. The first kappa shape index (κ1) is 28.2. The molecule has 43 heavy (non-hydrogen) atoms. The van der Waals surface area contributed by atoms with Gasteiger partial charge in [0.15, 0.2) is 5.65 Å². The third kappa shape index (κ3) is 4.76. The zero-order valence-corrected chi connectivity index (χ0v) is 27.3. The number of carboxylic acid groups (broad SMARTS) is 1. The van der Waals surface area contributed by atoms with Crippen LogP contribution in [0.1, 0.15) is 44.1 Å². The molecular formula is C34H26KN6O2. The maximum absolute atomic E-state index is 11.6. The Labute approximate surface area is 290 Å². The average Bonchev–Trinajstić information content (AvgIpc) is 3.35. The van der Waals surface area contributed by atoms with Crippen molar-refractivity contribution in [1.29, 1.82) is 0 Å². The molecule has 0 saturated carbocycles. The Morgan fingerprint density at radius 2 is 1.21 bits per heavy atom. The van der Waals surface area contributed by atoms with E-state index in [2.05, 4.69) is 53.7 Å². The smallest absolute Gasteiger partial charge is 0.354 e. The molecule has 6 aromatic rings. The summed E-state index contributed by atoms with van der Waals surface area (Å²) < 4.78 is 2.14. The van der Waals surface area contributed by atoms with Crippen LogP contribution in [-0.2, 0) is 25.7 Å². The summed E-state index contributed by atoms with van der Waals surface area (Å²) in [4.78, 5) is 36.2. The zero-order valence-electron chi connectivity index (χ0n) is 24.2. The molecule has 0 amide bonds. The van der Waals surface area contributed by atoms with Gasteiger partial charge in [0, 0.05) is 68.2 Å². The predicted molar refractivity (Wildman–Crippen MR) is 166 cm³/mol. The van der Waals surface area contributed by atoms with Crippen LogP contribution in [0.3, 0.4) is 0 Å². The van der Waals surface area contributed by atoms with E-state index in [1.54, 1.807) is 6.07 Å². The Bertz CT molecular complexity index is 2100. The minimum atomic E-state index is -1.05. The molecule has 0 unspecified atom stereocenters. The van der Waals surface area contributed by atoms with Crippen molar-refractivity contribution in [2.45, 2.75) is 39.5 Å². The van der Waals surface area contributed by atoms with Crippen LogP contribution in [-0.4, -0.2) is 91.9 Å². The molecule has 2 aliphatic rings. The molecule has 6 aromatic heterocycles. The molecule has 8 nitrogen and oxygen atoms in total. The molecular weight excluding hydrogens is 564 g/mol. The molecule has 0 saturated heterocycles. The molecule has 0 aliphatic heterocycles. The number of carbonyl (C=O) groups is 1. The minimum Gasteiger partial charge on any atom is -0.477 e. The second kappa shape index (κ2) is 10.8. The summed E-state index contributed by atoms with van der Waals surface area (Å²) >= 11 is 0. The number of hydrogen-bond donors (Lipinski definition) is 1. The van der Waals surface area contributed by atoms with Crippen LogP contribution in [0.2, 0.25) is 0 Å². The van der Waals surface area contributed by atoms with Crippen LogP contribution in [0.15, 0.2) is 66.7 Å². The number of fused-ring (bicyclic) bond motifs is 7. The van der Waals surface area contributed by atoms with Gasteiger partial charge in [0.05, 0.1) is 34.2 Å². The first-order chi connectivity index (χ1) is 20.4. The van der Waals surface area contributed by atoms with Crippen molar-refractivity contribution in [2.24, 2.45) is 0 Å². The normalized spacial score (nSPS) is 13.0. The molecule has 205 valence electrons. The van der Waals surface area contributed by atoms with Gasteiger partial charge in [0.25, 0.3) is 0 Å². The molecule has 2 aliphatic carbocycles. The summed E-state index contributed by atoms with van der Waals surface area (Å²) in [5.74, 6) is -0.180. The Morgan fingerprint density at radius 3 is 1.86 bits per heavy atom. The zero-order chi connectivity index (χ0) is 28.5. The van der Waals surface area contributed by atoms with Crippen molar-refractivity contribution in [1.82, 2.24) is 29.5 Å². The van der Waals surface area contributed by atoms with E-state index in [9.17, 15) is 9.90 Å². The van der Waals surface area contributed by atoms with Gasteiger partial charge in [-0.3, -0.25) is 0 Å². The first-order valence-electron chi connectivity index (χ1n) is 14.1. The molecule has 0 aromatic carbocycles. The molecule has 8 rings (SSSR count). The molecule has 1 radical (unpaired) electrons. The predicted octanol–water partition coefficient (Wildman–Crippen LogP) is 5.74. The van der Waals surface area contributed by atoms with E-state index in [1.807, 2.05) is 30.3 Å². The number of carboxylic acids is 1. The van der Waals surface area contributed by atoms with Gasteiger partial charge in [0.1, 0.15) is 11.5 Å². The van der Waals surface area contributed by atoms with Crippen LogP contribution in [0.5, 0.6) is 0 Å². The first-order valence-corrected chi connectivity index (χ1v) is 14.1. The number of rotatable bonds is 3. The van der Waals surface area contributed by atoms with Gasteiger partial charge in [-0.05, 0) is 110 Å². The molecule has 1 N–H and O–H groups in total. The maximum Gasteiger partial charge on any atom is 0.354 e. The van der Waals surface area contributed by atoms with Crippen LogP contribution >= 0.6 is 0 Å². The third-order valence-electron chi connectivity index (χ3n) is 8.41. The molecule has 0 fully saturated rings. The van der Waals surface area contributed by atoms with Crippen LogP contribution in [0, 0.1) is 13.8 Å². The van der Waals surface area contributed by atoms with E-state index in [-0.39, 0.29) is 57.1 Å². The number of aromatic nitrogens is 6. The van der Waals surface area contributed by atoms with Crippen LogP contribution < -0.4 is 0 Å². The minimum absolute atomic E-state index is 0. The van der Waals surface area contributed by atoms with E-state index in [0.29, 0.717) is 17.0 Å². The van der Waals surface area contributed by atoms with E-state index in [1.165, 1.54) is 0 Å². The number of aryl methyl sites for hydroxylation is 6. The Kier molecular flexibility index (Phi) is 7.10. The van der Waals surface area contributed by atoms with Crippen LogP contribution in [0.4, 0.5) is 0 Å².